The quantitative estimate of drug-likeness (QED) is 0.114. The van der Waals surface area contributed by atoms with Gasteiger partial charge in [0.1, 0.15) is 0 Å². The predicted molar refractivity (Wildman–Crippen MR) is 407 cm³/mol. The van der Waals surface area contributed by atoms with Crippen molar-refractivity contribution in [1.82, 2.24) is 0 Å². The zero-order chi connectivity index (χ0) is 69.4. The molecule has 8 nitrogen and oxygen atoms in total. The zero-order valence-corrected chi connectivity index (χ0v) is 57.0. The Kier molecular flexibility index (Phi) is 23.7. The van der Waals surface area contributed by atoms with Crippen LogP contribution in [0.1, 0.15) is 187 Å². The molecule has 8 heteroatoms. The van der Waals surface area contributed by atoms with Gasteiger partial charge >= 0.3 is 0 Å². The Morgan fingerprint density at radius 2 is 0.340 bits per heavy atom. The molecule has 4 amide bonds. The van der Waals surface area contributed by atoms with Gasteiger partial charge in [0.25, 0.3) is 23.6 Å². The van der Waals surface area contributed by atoms with E-state index in [0.717, 1.165) is 73.6 Å². The molecular weight excluding hydrogens is 1230 g/mol. The van der Waals surface area contributed by atoms with Gasteiger partial charge in [0, 0.05) is 115 Å². The summed E-state index contributed by atoms with van der Waals surface area (Å²) in [6, 6.07) is 75.7. The minimum atomic E-state index is -0.205. The highest BCUT2D eigenvalue weighted by atomic mass is 16.2. The van der Waals surface area contributed by atoms with Crippen molar-refractivity contribution in [2.45, 2.75) is 79.1 Å². The number of carbonyl (C=O) groups excluding carboxylic acids is 4. The molecule has 4 aliphatic rings. The van der Waals surface area contributed by atoms with Crippen molar-refractivity contribution in [3.63, 3.8) is 0 Å². The first-order chi connectivity index (χ1) is 49.1. The van der Waals surface area contributed by atoms with Gasteiger partial charge < -0.3 is 19.6 Å². The molecule has 4 aliphatic heterocycles. The van der Waals surface area contributed by atoms with Gasteiger partial charge in [0.15, 0.2) is 0 Å². The second kappa shape index (κ2) is 34.4. The molecule has 14 rings (SSSR count). The number of hydrogen-bond donors (Lipinski definition) is 0. The molecule has 0 atom stereocenters. The summed E-state index contributed by atoms with van der Waals surface area (Å²) in [4.78, 5) is 66.7. The van der Waals surface area contributed by atoms with Crippen molar-refractivity contribution in [2.24, 2.45) is 0 Å². The van der Waals surface area contributed by atoms with Gasteiger partial charge in [0.2, 0.25) is 0 Å². The molecule has 10 aromatic rings. The zero-order valence-electron chi connectivity index (χ0n) is 57.0. The molecule has 0 aromatic heterocycles. The van der Waals surface area contributed by atoms with Crippen molar-refractivity contribution in [3.05, 3.63) is 332 Å². The molecule has 0 spiro atoms. The van der Waals surface area contributed by atoms with Crippen molar-refractivity contribution in [3.8, 4) is 71.0 Å². The first kappa shape index (κ1) is 68.8. The largest absolute Gasteiger partial charge is 0.307 e. The van der Waals surface area contributed by atoms with Crippen LogP contribution in [0, 0.1) is 71.0 Å². The normalized spacial score (nSPS) is 12.3. The highest BCUT2D eigenvalue weighted by Crippen LogP contribution is 2.30. The lowest BCUT2D eigenvalue weighted by Crippen LogP contribution is -2.33. The van der Waals surface area contributed by atoms with Crippen LogP contribution < -0.4 is 19.6 Å². The third kappa shape index (κ3) is 17.0. The number of para-hydroxylation sites is 4. The highest BCUT2D eigenvalue weighted by molar-refractivity contribution is 6.11. The van der Waals surface area contributed by atoms with Crippen molar-refractivity contribution in [1.29, 1.82) is 0 Å². The van der Waals surface area contributed by atoms with Gasteiger partial charge in [-0.15, -0.1) is 0 Å². The third-order valence-corrected chi connectivity index (χ3v) is 17.2. The van der Waals surface area contributed by atoms with E-state index < -0.39 is 0 Å². The van der Waals surface area contributed by atoms with Crippen molar-refractivity contribution in [2.75, 3.05) is 45.8 Å². The van der Waals surface area contributed by atoms with E-state index in [1.807, 2.05) is 194 Å². The van der Waals surface area contributed by atoms with E-state index in [9.17, 15) is 19.2 Å². The summed E-state index contributed by atoms with van der Waals surface area (Å²) in [5, 5.41) is 0. The van der Waals surface area contributed by atoms with Crippen LogP contribution in [0.25, 0.3) is 0 Å². The topological polar surface area (TPSA) is 81.2 Å². The van der Waals surface area contributed by atoms with E-state index >= 15 is 0 Å². The molecule has 4 bridgehead atoms. The maximum atomic E-state index is 14.9. The second-order valence-electron chi connectivity index (χ2n) is 24.1. The van der Waals surface area contributed by atoms with Crippen LogP contribution >= 0.6 is 0 Å². The van der Waals surface area contributed by atoms with Crippen molar-refractivity contribution >= 4 is 46.4 Å². The number of hydrogen-bond acceptors (Lipinski definition) is 4. The van der Waals surface area contributed by atoms with Crippen LogP contribution in [-0.2, 0) is 0 Å². The Morgan fingerprint density at radius 3 is 0.500 bits per heavy atom. The SMILES string of the molecule is CCCCN1C(=O)c2ccc(cc2)C(=O)N(CCCC)c2ccccc2C#Cc2ccccc2C#Cc2ccccc2C#Cc2ccccc2N(CCCC)C(=O)c2ccc(cc2)C(=O)N(CCCC)c2ccccc2C#Cc2ccccc2C#Cc2ccccc2C#Cc2ccccc21. The van der Waals surface area contributed by atoms with Gasteiger partial charge in [-0.3, -0.25) is 19.2 Å². The molecule has 0 radical (unpaired) electrons. The Hall–Kier alpha value is -12.6. The van der Waals surface area contributed by atoms with Gasteiger partial charge in [0.05, 0.1) is 22.7 Å². The number of nitrogens with zero attached hydrogens (tertiary/aromatic N) is 4. The summed E-state index contributed by atoms with van der Waals surface area (Å²) in [5.41, 5.74) is 12.9. The molecular formula is C92H76N4O4. The van der Waals surface area contributed by atoms with Crippen LogP contribution in [0.2, 0.25) is 0 Å². The Morgan fingerprint density at radius 1 is 0.200 bits per heavy atom. The van der Waals surface area contributed by atoms with E-state index in [4.69, 9.17) is 0 Å². The fourth-order valence-electron chi connectivity index (χ4n) is 11.6. The molecule has 0 saturated heterocycles. The van der Waals surface area contributed by atoms with Gasteiger partial charge in [-0.2, -0.15) is 0 Å². The van der Waals surface area contributed by atoms with Crippen LogP contribution in [-0.4, -0.2) is 49.8 Å². The number of rotatable bonds is 12. The minimum absolute atomic E-state index is 0.205. The summed E-state index contributed by atoms with van der Waals surface area (Å²) < 4.78 is 0. The summed E-state index contributed by atoms with van der Waals surface area (Å²) in [6.45, 7) is 10.2. The number of anilines is 4. The summed E-state index contributed by atoms with van der Waals surface area (Å²) in [6.07, 6.45) is 6.46. The minimum Gasteiger partial charge on any atom is -0.307 e. The fourth-order valence-corrected chi connectivity index (χ4v) is 11.6. The Balaban J connectivity index is 1.00. The Labute approximate surface area is 589 Å². The molecule has 4 heterocycles. The van der Waals surface area contributed by atoms with Crippen LogP contribution in [0.4, 0.5) is 22.7 Å². The lowest BCUT2D eigenvalue weighted by molar-refractivity contribution is 0.0975. The lowest BCUT2D eigenvalue weighted by Gasteiger charge is -2.25. The van der Waals surface area contributed by atoms with Crippen LogP contribution in [0.15, 0.2) is 243 Å². The molecule has 10 aromatic carbocycles. The average molecular weight is 1300 g/mol. The number of carbonyl (C=O) groups is 4. The summed E-state index contributed by atoms with van der Waals surface area (Å²) in [5.74, 6) is 40.0. The molecule has 488 valence electrons. The lowest BCUT2D eigenvalue weighted by atomic mass is 10.0. The molecule has 0 saturated carbocycles. The third-order valence-electron chi connectivity index (χ3n) is 17.2. The average Bonchev–Trinajstić information content (AvgIpc) is 0.814. The number of amides is 4. The Bertz CT molecular complexity index is 4440. The maximum Gasteiger partial charge on any atom is 0.258 e. The van der Waals surface area contributed by atoms with Crippen LogP contribution in [0.5, 0.6) is 0 Å². The fraction of sp³-hybridized carbons (Fsp3) is 0.174. The predicted octanol–water partition coefficient (Wildman–Crippen LogP) is 18.2. The smallest absolute Gasteiger partial charge is 0.258 e. The van der Waals surface area contributed by atoms with E-state index in [-0.39, 0.29) is 23.6 Å². The van der Waals surface area contributed by atoms with Gasteiger partial charge in [-0.1, -0.05) is 221 Å². The highest BCUT2D eigenvalue weighted by Gasteiger charge is 2.26. The molecule has 0 aliphatic carbocycles. The summed E-state index contributed by atoms with van der Waals surface area (Å²) in [7, 11) is 0. The number of benzene rings is 10. The first-order valence-corrected chi connectivity index (χ1v) is 34.5. The van der Waals surface area contributed by atoms with Gasteiger partial charge in [-0.25, -0.2) is 0 Å². The van der Waals surface area contributed by atoms with E-state index in [2.05, 4.69) is 98.7 Å². The van der Waals surface area contributed by atoms with E-state index in [1.54, 1.807) is 68.1 Å². The van der Waals surface area contributed by atoms with E-state index in [0.29, 0.717) is 116 Å². The monoisotopic (exact) mass is 1300 g/mol. The summed E-state index contributed by atoms with van der Waals surface area (Å²) >= 11 is 0. The maximum absolute atomic E-state index is 14.9. The second-order valence-corrected chi connectivity index (χ2v) is 24.1. The van der Waals surface area contributed by atoms with Gasteiger partial charge in [-0.05, 0) is 171 Å². The molecule has 100 heavy (non-hydrogen) atoms. The number of unbranched alkanes of at least 4 members (excludes halogenated alkanes) is 4. The first-order valence-electron chi connectivity index (χ1n) is 34.5. The standard InChI is InChI=1S/C92H76N4O4/c1-5-9-65-93-85-41-25-21-37-77(85)53-49-73-33-17-13-29-69(73)45-46-70-30-14-18-34-74(70)51-55-79-39-23-27-43-87(79)95(67-11-7-3)91(99)83-61-63-84(64-62-83)92(100)96(68-12-8-4)88-44-28-24-40-80(88)56-52-76-36-20-16-32-72(76)48-47-71-31-15-19-35-75(71)50-54-78-38-22-26-42-86(78)94(66-10-6-2)90(98)82-59-57-81(58-60-82)89(93)97/h13-44,57-64H,5-12,65-68H2,1-4H3. The van der Waals surface area contributed by atoms with Crippen molar-refractivity contribution < 1.29 is 19.2 Å². The van der Waals surface area contributed by atoms with E-state index in [1.165, 1.54) is 0 Å². The molecule has 0 unspecified atom stereocenters. The molecule has 0 N–H and O–H groups in total. The van der Waals surface area contributed by atoms with Crippen LogP contribution in [0.3, 0.4) is 0 Å². The molecule has 0 fully saturated rings.